The van der Waals surface area contributed by atoms with Gasteiger partial charge >= 0.3 is 0 Å². The molecule has 1 aromatic carbocycles. The fourth-order valence-electron chi connectivity index (χ4n) is 4.05. The molecule has 3 aromatic rings. The summed E-state index contributed by atoms with van der Waals surface area (Å²) in [4.78, 5) is 14.0. The summed E-state index contributed by atoms with van der Waals surface area (Å²) in [5.74, 6) is 0.909. The maximum absolute atomic E-state index is 12.8. The van der Waals surface area contributed by atoms with Crippen molar-refractivity contribution in [1.29, 1.82) is 0 Å². The van der Waals surface area contributed by atoms with Gasteiger partial charge in [0.1, 0.15) is 0 Å². The van der Waals surface area contributed by atoms with Gasteiger partial charge in [0, 0.05) is 32.5 Å². The number of hydrogen-bond acceptors (Lipinski definition) is 3. The van der Waals surface area contributed by atoms with Crippen molar-refractivity contribution in [3.63, 3.8) is 0 Å². The van der Waals surface area contributed by atoms with E-state index in [-0.39, 0.29) is 0 Å². The van der Waals surface area contributed by atoms with Crippen LogP contribution in [0.5, 0.6) is 0 Å². The van der Waals surface area contributed by atoms with Crippen molar-refractivity contribution in [3.05, 3.63) is 46.9 Å². The zero-order valence-electron chi connectivity index (χ0n) is 15.2. The van der Waals surface area contributed by atoms with Gasteiger partial charge in [0.25, 0.3) is 0 Å². The lowest BCUT2D eigenvalue weighted by Crippen LogP contribution is -2.12. The fourth-order valence-corrected chi connectivity index (χ4v) is 6.68. The number of allylic oxidation sites excluding steroid dienone is 1. The molecule has 1 fully saturated rings. The molecule has 26 heavy (non-hydrogen) atoms. The maximum atomic E-state index is 12.8. The van der Waals surface area contributed by atoms with Gasteiger partial charge in [0.05, 0.1) is 9.40 Å². The molecule has 0 atom stereocenters. The molecule has 1 aliphatic carbocycles. The summed E-state index contributed by atoms with van der Waals surface area (Å²) in [6, 6.07) is 6.29. The summed E-state index contributed by atoms with van der Waals surface area (Å²) in [5, 5.41) is 1.27. The first-order chi connectivity index (χ1) is 12.7. The smallest absolute Gasteiger partial charge is 0.163 e. The van der Waals surface area contributed by atoms with Crippen molar-refractivity contribution in [2.75, 3.05) is 0 Å². The summed E-state index contributed by atoms with van der Waals surface area (Å²) in [6.07, 6.45) is 13.3. The minimum atomic E-state index is 0.316. The van der Waals surface area contributed by atoms with Crippen molar-refractivity contribution < 1.29 is 4.79 Å². The van der Waals surface area contributed by atoms with Crippen LogP contribution in [0.25, 0.3) is 31.6 Å². The van der Waals surface area contributed by atoms with E-state index in [1.54, 1.807) is 22.7 Å². The molecule has 1 nitrogen and oxygen atoms in total. The normalized spacial score (nSPS) is 16.0. The molecule has 0 unspecified atom stereocenters. The molecule has 134 valence electrons. The van der Waals surface area contributed by atoms with Crippen molar-refractivity contribution in [1.82, 2.24) is 0 Å². The quantitative estimate of drug-likeness (QED) is 0.410. The zero-order valence-corrected chi connectivity index (χ0v) is 16.8. The van der Waals surface area contributed by atoms with Gasteiger partial charge in [0.15, 0.2) is 5.78 Å². The van der Waals surface area contributed by atoms with Gasteiger partial charge in [-0.05, 0) is 18.9 Å². The molecule has 0 radical (unpaired) electrons. The number of hydrogen-bond donors (Lipinski definition) is 0. The standard InChI is InChI=1S/C23H24OS2/c1-3-8-17-20(4-2)25-23-18-12-11-16(14-21(18)26-22(17)23)19(24)13-15-9-6-5-7-10-15/h3-4,8,11-12,14-15H,2,5-7,9-10,13H2,1H3/b8-3-. The lowest BCUT2D eigenvalue weighted by molar-refractivity contribution is 0.0950. The average Bonchev–Trinajstić information content (AvgIpc) is 3.18. The fraction of sp³-hybridized carbons (Fsp3) is 0.348. The van der Waals surface area contributed by atoms with E-state index in [1.165, 1.54) is 62.0 Å². The highest BCUT2D eigenvalue weighted by molar-refractivity contribution is 7.33. The average molecular weight is 381 g/mol. The number of carbonyl (C=O) groups excluding carboxylic acids is 1. The van der Waals surface area contributed by atoms with Gasteiger partial charge in [-0.25, -0.2) is 0 Å². The summed E-state index contributed by atoms with van der Waals surface area (Å²) >= 11 is 3.60. The van der Waals surface area contributed by atoms with Gasteiger partial charge in [-0.3, -0.25) is 4.79 Å². The Hall–Kier alpha value is -1.71. The Morgan fingerprint density at radius 1 is 1.19 bits per heavy atom. The number of rotatable bonds is 5. The highest BCUT2D eigenvalue weighted by Crippen LogP contribution is 2.44. The summed E-state index contributed by atoms with van der Waals surface area (Å²) in [5.41, 5.74) is 2.15. The predicted octanol–water partition coefficient (Wildman–Crippen LogP) is 7.95. The van der Waals surface area contributed by atoms with Crippen LogP contribution in [-0.2, 0) is 0 Å². The highest BCUT2D eigenvalue weighted by atomic mass is 32.1. The Bertz CT molecular complexity index is 996. The van der Waals surface area contributed by atoms with Crippen LogP contribution in [-0.4, -0.2) is 5.78 Å². The number of thiophene rings is 2. The number of fused-ring (bicyclic) bond motifs is 3. The van der Waals surface area contributed by atoms with E-state index in [9.17, 15) is 4.79 Å². The molecular weight excluding hydrogens is 356 g/mol. The van der Waals surface area contributed by atoms with Crippen molar-refractivity contribution in [3.8, 4) is 0 Å². The van der Waals surface area contributed by atoms with Crippen LogP contribution in [0.2, 0.25) is 0 Å². The molecular formula is C23H24OS2. The van der Waals surface area contributed by atoms with Crippen molar-refractivity contribution in [2.24, 2.45) is 5.92 Å². The first-order valence-electron chi connectivity index (χ1n) is 9.48. The van der Waals surface area contributed by atoms with E-state index in [0.29, 0.717) is 11.7 Å². The van der Waals surface area contributed by atoms with Gasteiger partial charge < -0.3 is 0 Å². The van der Waals surface area contributed by atoms with Gasteiger partial charge in [0.2, 0.25) is 0 Å². The van der Waals surface area contributed by atoms with Crippen LogP contribution in [0.4, 0.5) is 0 Å². The molecule has 1 aliphatic rings. The predicted molar refractivity (Wildman–Crippen MR) is 118 cm³/mol. The minimum Gasteiger partial charge on any atom is -0.294 e. The lowest BCUT2D eigenvalue weighted by Gasteiger charge is -2.20. The topological polar surface area (TPSA) is 17.1 Å². The first kappa shape index (κ1) is 17.7. The summed E-state index contributed by atoms with van der Waals surface area (Å²) in [6.45, 7) is 6.01. The lowest BCUT2D eigenvalue weighted by atomic mass is 9.85. The Balaban J connectivity index is 1.69. The van der Waals surface area contributed by atoms with Crippen molar-refractivity contribution >= 4 is 60.1 Å². The molecule has 0 bridgehead atoms. The Morgan fingerprint density at radius 2 is 2.00 bits per heavy atom. The molecule has 2 heterocycles. The van der Waals surface area contributed by atoms with E-state index in [0.717, 1.165) is 12.0 Å². The maximum Gasteiger partial charge on any atom is 0.163 e. The van der Waals surface area contributed by atoms with Gasteiger partial charge in [-0.1, -0.05) is 69.0 Å². The van der Waals surface area contributed by atoms with E-state index < -0.39 is 0 Å². The van der Waals surface area contributed by atoms with Crippen LogP contribution in [0.3, 0.4) is 0 Å². The molecule has 0 aliphatic heterocycles. The van der Waals surface area contributed by atoms with Gasteiger partial charge in [-0.15, -0.1) is 22.7 Å². The molecule has 0 amide bonds. The number of Topliss-reactive ketones (excluding diaryl/α,β-unsaturated/α-hetero) is 1. The van der Waals surface area contributed by atoms with E-state index in [2.05, 4.69) is 30.9 Å². The van der Waals surface area contributed by atoms with Gasteiger partial charge in [-0.2, -0.15) is 0 Å². The molecule has 0 spiro atoms. The SMILES string of the molecule is C=Cc1sc2c(sc3cc(C(=O)CC4CCCCC4)ccc32)c1/C=C\C. The highest BCUT2D eigenvalue weighted by Gasteiger charge is 2.19. The second kappa shape index (κ2) is 7.50. The number of ketones is 1. The zero-order chi connectivity index (χ0) is 18.1. The van der Waals surface area contributed by atoms with Crippen molar-refractivity contribution in [2.45, 2.75) is 45.4 Å². The van der Waals surface area contributed by atoms with E-state index in [4.69, 9.17) is 0 Å². The third-order valence-corrected chi connectivity index (χ3v) is 7.96. The Morgan fingerprint density at radius 3 is 2.73 bits per heavy atom. The molecule has 3 heteroatoms. The third kappa shape index (κ3) is 3.19. The number of benzene rings is 1. The summed E-state index contributed by atoms with van der Waals surface area (Å²) < 4.78 is 3.86. The molecule has 0 N–H and O–H groups in total. The molecule has 0 saturated heterocycles. The Kier molecular flexibility index (Phi) is 5.10. The van der Waals surface area contributed by atoms with Crippen LogP contribution < -0.4 is 0 Å². The minimum absolute atomic E-state index is 0.316. The largest absolute Gasteiger partial charge is 0.294 e. The van der Waals surface area contributed by atoms with E-state index in [1.807, 2.05) is 19.1 Å². The van der Waals surface area contributed by atoms with Crippen LogP contribution in [0, 0.1) is 5.92 Å². The van der Waals surface area contributed by atoms with E-state index >= 15 is 0 Å². The summed E-state index contributed by atoms with van der Waals surface area (Å²) in [7, 11) is 0. The third-order valence-electron chi connectivity index (χ3n) is 5.41. The van der Waals surface area contributed by atoms with Crippen LogP contribution >= 0.6 is 22.7 Å². The van der Waals surface area contributed by atoms with Crippen LogP contribution in [0.15, 0.2) is 30.9 Å². The molecule has 4 rings (SSSR count). The molecule has 2 aromatic heterocycles. The van der Waals surface area contributed by atoms with Crippen LogP contribution in [0.1, 0.15) is 66.2 Å². The number of carbonyl (C=O) groups is 1. The second-order valence-corrected chi connectivity index (χ2v) is 9.29. The monoisotopic (exact) mass is 380 g/mol. The first-order valence-corrected chi connectivity index (χ1v) is 11.1. The second-order valence-electron chi connectivity index (χ2n) is 7.19. The Labute approximate surface area is 163 Å². The molecule has 1 saturated carbocycles.